The Bertz CT molecular complexity index is 1360. The van der Waals surface area contributed by atoms with E-state index in [-0.39, 0.29) is 30.7 Å². The molecule has 218 valence electrons. The van der Waals surface area contributed by atoms with E-state index in [1.807, 2.05) is 23.1 Å². The number of carboxylic acid groups (broad SMARTS) is 1. The first kappa shape index (κ1) is 29.2. The van der Waals surface area contributed by atoms with Crippen LogP contribution in [0.3, 0.4) is 0 Å². The van der Waals surface area contributed by atoms with Crippen LogP contribution >= 0.6 is 24.0 Å². The average Bonchev–Trinajstić information content (AvgIpc) is 3.74. The Morgan fingerprint density at radius 3 is 2.54 bits per heavy atom. The van der Waals surface area contributed by atoms with Gasteiger partial charge in [-0.25, -0.2) is 0 Å². The molecule has 1 aromatic carbocycles. The third kappa shape index (κ3) is 6.62. The number of ether oxygens (including phenoxy) is 2. The monoisotopic (exact) mass is 598 g/mol. The summed E-state index contributed by atoms with van der Waals surface area (Å²) in [6.45, 7) is 0.387. The van der Waals surface area contributed by atoms with Gasteiger partial charge in [0.25, 0.3) is 5.91 Å². The maximum absolute atomic E-state index is 13.6. The van der Waals surface area contributed by atoms with E-state index in [2.05, 4.69) is 5.32 Å². The molecule has 2 heterocycles. The quantitative estimate of drug-likeness (QED) is 0.191. The maximum Gasteiger partial charge on any atom is 0.303 e. The average molecular weight is 599 g/mol. The molecule has 41 heavy (non-hydrogen) atoms. The number of thioether (sulfide) groups is 1. The topological polar surface area (TPSA) is 118 Å². The lowest BCUT2D eigenvalue weighted by molar-refractivity contribution is -0.138. The predicted octanol–water partition coefficient (Wildman–Crippen LogP) is 5.27. The number of furan rings is 1. The molecule has 2 aromatic rings. The van der Waals surface area contributed by atoms with E-state index in [4.69, 9.17) is 31.2 Å². The molecule has 3 fully saturated rings. The predicted molar refractivity (Wildman–Crippen MR) is 160 cm³/mol. The summed E-state index contributed by atoms with van der Waals surface area (Å²) in [5.41, 5.74) is 1.64. The van der Waals surface area contributed by atoms with Crippen LogP contribution in [-0.2, 0) is 20.8 Å². The zero-order valence-corrected chi connectivity index (χ0v) is 24.8. The molecular formula is C30H34N2O7S2. The highest BCUT2D eigenvalue weighted by molar-refractivity contribution is 8.26. The van der Waals surface area contributed by atoms with Gasteiger partial charge in [-0.05, 0) is 67.7 Å². The Hall–Kier alpha value is -3.31. The van der Waals surface area contributed by atoms with E-state index in [9.17, 15) is 14.4 Å². The normalized spacial score (nSPS) is 22.5. The third-order valence-electron chi connectivity index (χ3n) is 8.11. The van der Waals surface area contributed by atoms with Crippen LogP contribution in [0, 0.1) is 11.8 Å². The number of amides is 2. The number of benzene rings is 1. The molecule has 2 saturated carbocycles. The number of fused-ring (bicyclic) bond motifs is 2. The summed E-state index contributed by atoms with van der Waals surface area (Å²) in [5.74, 6) is 2.26. The molecule has 11 heteroatoms. The van der Waals surface area contributed by atoms with Gasteiger partial charge in [0, 0.05) is 36.7 Å². The van der Waals surface area contributed by atoms with Crippen molar-refractivity contribution in [1.82, 2.24) is 10.2 Å². The van der Waals surface area contributed by atoms with Crippen LogP contribution in [0.5, 0.6) is 11.5 Å². The maximum atomic E-state index is 13.6. The molecule has 3 aliphatic rings. The lowest BCUT2D eigenvalue weighted by atomic mass is 9.94. The fraction of sp³-hybridized carbons (Fsp3) is 0.467. The number of aliphatic carboxylic acids is 1. The molecule has 9 nitrogen and oxygen atoms in total. The van der Waals surface area contributed by atoms with E-state index in [0.29, 0.717) is 63.5 Å². The first-order valence-electron chi connectivity index (χ1n) is 13.9. The zero-order valence-electron chi connectivity index (χ0n) is 23.1. The highest BCUT2D eigenvalue weighted by Crippen LogP contribution is 2.49. The molecule has 2 amide bonds. The molecule has 5 rings (SSSR count). The second-order valence-corrected chi connectivity index (χ2v) is 12.4. The number of aryl methyl sites for hydroxylation is 1. The van der Waals surface area contributed by atoms with Crippen molar-refractivity contribution < 1.29 is 33.4 Å². The van der Waals surface area contributed by atoms with Gasteiger partial charge in [-0.1, -0.05) is 30.4 Å². The summed E-state index contributed by atoms with van der Waals surface area (Å²) in [4.78, 5) is 38.6. The number of hydrogen-bond acceptors (Lipinski definition) is 8. The Kier molecular flexibility index (Phi) is 9.03. The van der Waals surface area contributed by atoms with Crippen molar-refractivity contribution in [2.24, 2.45) is 11.8 Å². The fourth-order valence-electron chi connectivity index (χ4n) is 6.08. The Balaban J connectivity index is 1.37. The second kappa shape index (κ2) is 12.7. The molecule has 2 bridgehead atoms. The van der Waals surface area contributed by atoms with Crippen molar-refractivity contribution in [3.05, 3.63) is 40.5 Å². The van der Waals surface area contributed by atoms with Crippen LogP contribution in [0.1, 0.15) is 56.3 Å². The van der Waals surface area contributed by atoms with Crippen LogP contribution in [0.4, 0.5) is 0 Å². The molecule has 2 N–H and O–H groups in total. The molecule has 0 radical (unpaired) electrons. The van der Waals surface area contributed by atoms with Crippen molar-refractivity contribution in [3.63, 3.8) is 0 Å². The van der Waals surface area contributed by atoms with Gasteiger partial charge in [-0.15, -0.1) is 0 Å². The van der Waals surface area contributed by atoms with Crippen LogP contribution in [0.2, 0.25) is 0 Å². The molecule has 1 aromatic heterocycles. The van der Waals surface area contributed by atoms with Gasteiger partial charge in [-0.2, -0.15) is 0 Å². The minimum atomic E-state index is -1.00. The minimum Gasteiger partial charge on any atom is -0.497 e. The van der Waals surface area contributed by atoms with Gasteiger partial charge in [-0.3, -0.25) is 19.3 Å². The number of nitrogens with one attached hydrogen (secondary N) is 1. The van der Waals surface area contributed by atoms with Crippen molar-refractivity contribution in [2.75, 3.05) is 20.8 Å². The summed E-state index contributed by atoms with van der Waals surface area (Å²) in [5, 5.41) is 11.6. The summed E-state index contributed by atoms with van der Waals surface area (Å²) >= 11 is 6.99. The van der Waals surface area contributed by atoms with E-state index in [1.165, 1.54) is 24.6 Å². The number of methoxy groups -OCH3 is 2. The summed E-state index contributed by atoms with van der Waals surface area (Å²) in [7, 11) is 3.17. The smallest absolute Gasteiger partial charge is 0.303 e. The summed E-state index contributed by atoms with van der Waals surface area (Å²) < 4.78 is 17.8. The lowest BCUT2D eigenvalue weighted by Crippen LogP contribution is -2.41. The Morgan fingerprint density at radius 2 is 1.90 bits per heavy atom. The molecule has 3 unspecified atom stereocenters. The van der Waals surface area contributed by atoms with Crippen LogP contribution in [0.25, 0.3) is 17.4 Å². The lowest BCUT2D eigenvalue weighted by Gasteiger charge is -2.30. The second-order valence-electron chi connectivity index (χ2n) is 10.7. The van der Waals surface area contributed by atoms with Crippen LogP contribution in [0.15, 0.2) is 33.6 Å². The minimum absolute atomic E-state index is 0.0570. The molecule has 2 aliphatic carbocycles. The highest BCUT2D eigenvalue weighted by Gasteiger charge is 2.48. The van der Waals surface area contributed by atoms with Crippen LogP contribution in [-0.4, -0.2) is 58.9 Å². The van der Waals surface area contributed by atoms with E-state index >= 15 is 0 Å². The Morgan fingerprint density at radius 1 is 1.15 bits per heavy atom. The molecule has 1 saturated heterocycles. The molecule has 3 atom stereocenters. The molecule has 0 spiro atoms. The standard InChI is InChI=1S/C30H34N2O7S2/c1-37-21-12-20(13-22(15-21)38-2)24-14-19(4-3-9-31-27(33)7-8-28(34)35)25(39-24)16-26-29(36)32(30(40)41-26)23-11-17-5-6-18(23)10-17/h12-18,23H,3-11H2,1-2H3,(H,31,33)(H,34,35)/b26-16-. The summed E-state index contributed by atoms with van der Waals surface area (Å²) in [6.07, 6.45) is 7.32. The van der Waals surface area contributed by atoms with E-state index in [1.54, 1.807) is 26.4 Å². The van der Waals surface area contributed by atoms with Gasteiger partial charge < -0.3 is 24.3 Å². The van der Waals surface area contributed by atoms with Crippen molar-refractivity contribution >= 4 is 52.2 Å². The van der Waals surface area contributed by atoms with Gasteiger partial charge in [0.1, 0.15) is 27.3 Å². The highest BCUT2D eigenvalue weighted by atomic mass is 32.2. The SMILES string of the molecule is COc1cc(OC)cc(-c2cc(CCCNC(=O)CCC(=O)O)c(/C=C3\SC(=S)N(C4CC5CCC4C5)C3=O)o2)c1. The van der Waals surface area contributed by atoms with Crippen LogP contribution < -0.4 is 14.8 Å². The van der Waals surface area contributed by atoms with Crippen molar-refractivity contribution in [1.29, 1.82) is 0 Å². The van der Waals surface area contributed by atoms with Gasteiger partial charge >= 0.3 is 5.97 Å². The number of thiocarbonyl (C=S) groups is 1. The third-order valence-corrected chi connectivity index (χ3v) is 9.44. The van der Waals surface area contributed by atoms with Crippen molar-refractivity contribution in [3.8, 4) is 22.8 Å². The first-order chi connectivity index (χ1) is 19.7. The molecular weight excluding hydrogens is 564 g/mol. The zero-order chi connectivity index (χ0) is 29.1. The number of hydrogen-bond donors (Lipinski definition) is 2. The molecule has 1 aliphatic heterocycles. The largest absolute Gasteiger partial charge is 0.497 e. The van der Waals surface area contributed by atoms with E-state index in [0.717, 1.165) is 24.0 Å². The number of carbonyl (C=O) groups excluding carboxylic acids is 2. The number of nitrogens with zero attached hydrogens (tertiary/aromatic N) is 1. The fourth-order valence-corrected chi connectivity index (χ4v) is 7.42. The number of carbonyl (C=O) groups is 3. The van der Waals surface area contributed by atoms with E-state index < -0.39 is 5.97 Å². The van der Waals surface area contributed by atoms with Crippen molar-refractivity contribution in [2.45, 2.75) is 57.4 Å². The first-order valence-corrected chi connectivity index (χ1v) is 15.1. The van der Waals surface area contributed by atoms with Gasteiger partial charge in [0.05, 0.1) is 25.5 Å². The van der Waals surface area contributed by atoms with Gasteiger partial charge in [0.15, 0.2) is 0 Å². The number of carboxylic acids is 1. The Labute approximate surface area is 248 Å². The number of rotatable bonds is 12. The van der Waals surface area contributed by atoms with Gasteiger partial charge in [0.2, 0.25) is 5.91 Å². The summed E-state index contributed by atoms with van der Waals surface area (Å²) in [6, 6.07) is 7.61.